The van der Waals surface area contributed by atoms with Crippen LogP contribution in [0.4, 0.5) is 10.1 Å². The van der Waals surface area contributed by atoms with Crippen molar-refractivity contribution in [1.29, 1.82) is 0 Å². The van der Waals surface area contributed by atoms with Crippen molar-refractivity contribution in [2.24, 2.45) is 5.92 Å². The van der Waals surface area contributed by atoms with Crippen molar-refractivity contribution in [2.75, 3.05) is 5.32 Å². The van der Waals surface area contributed by atoms with Crippen LogP contribution < -0.4 is 5.32 Å². The molecular formula is C26H25FN2O. The number of aromatic nitrogens is 1. The summed E-state index contributed by atoms with van der Waals surface area (Å²) >= 11 is 0. The SMILES string of the molecule is CCC1CCCc2[nH]c(/C=C3\C(=O)Nc4cccc(-c5ccccc5F)c43)cc2C1. The van der Waals surface area contributed by atoms with Crippen molar-refractivity contribution in [3.8, 4) is 11.1 Å². The van der Waals surface area contributed by atoms with Gasteiger partial charge in [-0.25, -0.2) is 4.39 Å². The number of hydrogen-bond donors (Lipinski definition) is 2. The monoisotopic (exact) mass is 400 g/mol. The van der Waals surface area contributed by atoms with Crippen molar-refractivity contribution in [2.45, 2.75) is 39.0 Å². The van der Waals surface area contributed by atoms with Gasteiger partial charge >= 0.3 is 0 Å². The Balaban J connectivity index is 1.59. The maximum atomic E-state index is 14.5. The summed E-state index contributed by atoms with van der Waals surface area (Å²) < 4.78 is 14.5. The maximum absolute atomic E-state index is 14.5. The second-order valence-electron chi connectivity index (χ2n) is 8.32. The minimum atomic E-state index is -0.290. The quantitative estimate of drug-likeness (QED) is 0.398. The van der Waals surface area contributed by atoms with Gasteiger partial charge < -0.3 is 10.3 Å². The van der Waals surface area contributed by atoms with E-state index in [4.69, 9.17) is 0 Å². The van der Waals surface area contributed by atoms with Gasteiger partial charge in [0.25, 0.3) is 5.91 Å². The first-order chi connectivity index (χ1) is 14.6. The lowest BCUT2D eigenvalue weighted by molar-refractivity contribution is -0.110. The van der Waals surface area contributed by atoms with Crippen molar-refractivity contribution in [1.82, 2.24) is 4.98 Å². The molecular weight excluding hydrogens is 375 g/mol. The third kappa shape index (κ3) is 3.26. The number of rotatable bonds is 3. The Morgan fingerprint density at radius 1 is 1.13 bits per heavy atom. The van der Waals surface area contributed by atoms with E-state index >= 15 is 0 Å². The van der Waals surface area contributed by atoms with E-state index in [0.29, 0.717) is 11.1 Å². The van der Waals surface area contributed by atoms with Gasteiger partial charge in [-0.1, -0.05) is 43.7 Å². The van der Waals surface area contributed by atoms with Gasteiger partial charge in [0.05, 0.1) is 5.57 Å². The lowest BCUT2D eigenvalue weighted by atomic mass is 9.94. The summed E-state index contributed by atoms with van der Waals surface area (Å²) in [6, 6.07) is 14.5. The van der Waals surface area contributed by atoms with Crippen LogP contribution in [0.5, 0.6) is 0 Å². The van der Waals surface area contributed by atoms with Gasteiger partial charge in [-0.3, -0.25) is 4.79 Å². The molecule has 0 fully saturated rings. The molecule has 2 aliphatic rings. The largest absolute Gasteiger partial charge is 0.359 e. The van der Waals surface area contributed by atoms with Crippen molar-refractivity contribution in [3.63, 3.8) is 0 Å². The molecule has 1 atom stereocenters. The lowest BCUT2D eigenvalue weighted by Gasteiger charge is -2.10. The molecule has 1 aromatic heterocycles. The Kier molecular flexibility index (Phi) is 4.78. The number of aromatic amines is 1. The van der Waals surface area contributed by atoms with E-state index < -0.39 is 0 Å². The van der Waals surface area contributed by atoms with Crippen LogP contribution in [0.25, 0.3) is 22.8 Å². The number of carbonyl (C=O) groups is 1. The highest BCUT2D eigenvalue weighted by Crippen LogP contribution is 2.41. The number of aryl methyl sites for hydroxylation is 1. The van der Waals surface area contributed by atoms with E-state index in [1.807, 2.05) is 30.3 Å². The van der Waals surface area contributed by atoms with Gasteiger partial charge in [0, 0.05) is 28.2 Å². The number of halogens is 1. The summed E-state index contributed by atoms with van der Waals surface area (Å²) in [7, 11) is 0. The number of carbonyl (C=O) groups excluding carboxylic acids is 1. The Hall–Kier alpha value is -3.14. The van der Waals surface area contributed by atoms with Crippen LogP contribution in [0.15, 0.2) is 48.5 Å². The predicted octanol–water partition coefficient (Wildman–Crippen LogP) is 6.22. The minimum absolute atomic E-state index is 0.148. The summed E-state index contributed by atoms with van der Waals surface area (Å²) in [4.78, 5) is 16.4. The number of anilines is 1. The number of fused-ring (bicyclic) bond motifs is 2. The fourth-order valence-electron chi connectivity index (χ4n) is 4.82. The van der Waals surface area contributed by atoms with Crippen LogP contribution in [0, 0.1) is 11.7 Å². The van der Waals surface area contributed by atoms with E-state index in [9.17, 15) is 9.18 Å². The molecule has 30 heavy (non-hydrogen) atoms. The molecule has 4 heteroatoms. The first kappa shape index (κ1) is 18.9. The zero-order chi connectivity index (χ0) is 20.7. The molecule has 0 saturated carbocycles. The molecule has 0 bridgehead atoms. The molecule has 3 aromatic rings. The normalized spacial score (nSPS) is 19.3. The van der Waals surface area contributed by atoms with E-state index in [-0.39, 0.29) is 11.7 Å². The molecule has 152 valence electrons. The fraction of sp³-hybridized carbons (Fsp3) is 0.269. The zero-order valence-corrected chi connectivity index (χ0v) is 17.1. The number of amides is 1. The molecule has 3 nitrogen and oxygen atoms in total. The predicted molar refractivity (Wildman–Crippen MR) is 120 cm³/mol. The molecule has 0 spiro atoms. The van der Waals surface area contributed by atoms with Crippen LogP contribution in [-0.2, 0) is 17.6 Å². The van der Waals surface area contributed by atoms with Gasteiger partial charge in [0.15, 0.2) is 0 Å². The molecule has 2 N–H and O–H groups in total. The van der Waals surface area contributed by atoms with Crippen LogP contribution >= 0.6 is 0 Å². The van der Waals surface area contributed by atoms with Gasteiger partial charge in [-0.05, 0) is 67.0 Å². The Bertz CT molecular complexity index is 1160. The average Bonchev–Trinajstić information content (AvgIpc) is 3.21. The van der Waals surface area contributed by atoms with Crippen molar-refractivity contribution >= 4 is 23.2 Å². The summed E-state index contributed by atoms with van der Waals surface area (Å²) in [5.74, 6) is 0.289. The minimum Gasteiger partial charge on any atom is -0.359 e. The topological polar surface area (TPSA) is 44.9 Å². The van der Waals surface area contributed by atoms with Crippen LogP contribution in [0.3, 0.4) is 0 Å². The molecule has 1 aliphatic carbocycles. The zero-order valence-electron chi connectivity index (χ0n) is 17.1. The third-order valence-corrected chi connectivity index (χ3v) is 6.43. The summed E-state index contributed by atoms with van der Waals surface area (Å²) in [5, 5.41) is 2.94. The number of H-pyrrole nitrogens is 1. The molecule has 1 unspecified atom stereocenters. The fourth-order valence-corrected chi connectivity index (χ4v) is 4.82. The molecule has 2 heterocycles. The van der Waals surface area contributed by atoms with E-state index in [2.05, 4.69) is 23.3 Å². The highest BCUT2D eigenvalue weighted by Gasteiger charge is 2.28. The Labute approximate surface area is 176 Å². The van der Waals surface area contributed by atoms with Crippen molar-refractivity contribution in [3.05, 3.63) is 76.9 Å². The van der Waals surface area contributed by atoms with Gasteiger partial charge in [-0.2, -0.15) is 0 Å². The summed E-state index contributed by atoms with van der Waals surface area (Å²) in [6.45, 7) is 2.26. The van der Waals surface area contributed by atoms with Crippen LogP contribution in [0.2, 0.25) is 0 Å². The molecule has 1 aliphatic heterocycles. The Morgan fingerprint density at radius 2 is 1.97 bits per heavy atom. The number of benzene rings is 2. The lowest BCUT2D eigenvalue weighted by Crippen LogP contribution is -2.03. The maximum Gasteiger partial charge on any atom is 0.256 e. The van der Waals surface area contributed by atoms with Crippen molar-refractivity contribution < 1.29 is 9.18 Å². The molecule has 5 rings (SSSR count). The smallest absolute Gasteiger partial charge is 0.256 e. The van der Waals surface area contributed by atoms with E-state index in [1.165, 1.54) is 36.6 Å². The molecule has 1 amide bonds. The molecule has 0 radical (unpaired) electrons. The molecule has 2 aromatic carbocycles. The van der Waals surface area contributed by atoms with E-state index in [1.54, 1.807) is 12.1 Å². The average molecular weight is 400 g/mol. The number of hydrogen-bond acceptors (Lipinski definition) is 1. The summed E-state index contributed by atoms with van der Waals surface area (Å²) in [5.41, 5.74) is 6.91. The van der Waals surface area contributed by atoms with Gasteiger partial charge in [0.1, 0.15) is 5.82 Å². The molecule has 0 saturated heterocycles. The second kappa shape index (κ2) is 7.60. The van der Waals surface area contributed by atoms with Crippen LogP contribution in [0.1, 0.15) is 48.7 Å². The van der Waals surface area contributed by atoms with Crippen LogP contribution in [-0.4, -0.2) is 10.9 Å². The number of nitrogens with one attached hydrogen (secondary N) is 2. The van der Waals surface area contributed by atoms with Gasteiger partial charge in [0.2, 0.25) is 0 Å². The third-order valence-electron chi connectivity index (χ3n) is 6.43. The van der Waals surface area contributed by atoms with E-state index in [0.717, 1.165) is 41.3 Å². The Morgan fingerprint density at radius 3 is 2.80 bits per heavy atom. The summed E-state index contributed by atoms with van der Waals surface area (Å²) in [6.07, 6.45) is 7.73. The highest BCUT2D eigenvalue weighted by molar-refractivity contribution is 6.36. The van der Waals surface area contributed by atoms with Gasteiger partial charge in [-0.15, -0.1) is 0 Å². The highest BCUT2D eigenvalue weighted by atomic mass is 19.1. The first-order valence-electron chi connectivity index (χ1n) is 10.8. The second-order valence-corrected chi connectivity index (χ2v) is 8.32. The first-order valence-corrected chi connectivity index (χ1v) is 10.8. The standard InChI is InChI=1S/C26H25FN2O/c1-2-16-7-5-11-23-17(13-16)14-18(28-23)15-21-25-20(19-8-3-4-10-22(19)27)9-6-12-24(25)29-26(21)30/h3-4,6,8-10,12,14-16,28H,2,5,7,11,13H2,1H3,(H,29,30)/b21-15-.